The lowest BCUT2D eigenvalue weighted by Gasteiger charge is -2.20. The van der Waals surface area contributed by atoms with Crippen LogP contribution in [0.5, 0.6) is 11.5 Å². The molecular weight excluding hydrogens is 1170 g/mol. The number of esters is 1. The highest BCUT2D eigenvalue weighted by Gasteiger charge is 2.35. The maximum Gasteiger partial charge on any atom is 0.416 e. The Kier molecular flexibility index (Phi) is 25.1. The minimum absolute atomic E-state index is 0. The van der Waals surface area contributed by atoms with Gasteiger partial charge in [-0.25, -0.2) is 19.6 Å². The van der Waals surface area contributed by atoms with Crippen molar-refractivity contribution in [3.63, 3.8) is 0 Å². The molecule has 0 fully saturated rings. The van der Waals surface area contributed by atoms with E-state index in [0.717, 1.165) is 49.5 Å². The molecule has 14 nitrogen and oxygen atoms in total. The topological polar surface area (TPSA) is 184 Å². The number of hydrogen-bond donors (Lipinski definition) is 2. The van der Waals surface area contributed by atoms with Crippen molar-refractivity contribution in [1.82, 2.24) is 20.2 Å². The summed E-state index contributed by atoms with van der Waals surface area (Å²) in [5.41, 5.74) is 0.375. The van der Waals surface area contributed by atoms with E-state index in [1.165, 1.54) is 48.5 Å². The number of nitrogens with zero attached hydrogens (tertiary/aromatic N) is 3. The predicted octanol–water partition coefficient (Wildman–Crippen LogP) is 15.5. The van der Waals surface area contributed by atoms with Crippen molar-refractivity contribution >= 4 is 85.1 Å². The summed E-state index contributed by atoms with van der Waals surface area (Å²) in [4.78, 5) is 58.1. The lowest BCUT2D eigenvalue weighted by molar-refractivity contribution is -0.156. The van der Waals surface area contributed by atoms with Crippen molar-refractivity contribution in [3.8, 4) is 34.4 Å². The summed E-state index contributed by atoms with van der Waals surface area (Å²) in [6.45, 7) is 6.92. The largest absolute Gasteiger partial charge is 0.478 e. The van der Waals surface area contributed by atoms with Crippen LogP contribution in [0.3, 0.4) is 0 Å². The van der Waals surface area contributed by atoms with E-state index in [1.54, 1.807) is 60.4 Å². The van der Waals surface area contributed by atoms with E-state index in [0.29, 0.717) is 44.1 Å². The number of hydrogen-bond acceptors (Lipinski definition) is 11. The number of ether oxygens (including phenoxy) is 3. The molecular formula is C57H57BrCl2F6N4O10. The van der Waals surface area contributed by atoms with Crippen LogP contribution in [0, 0.1) is 0 Å². The first-order valence-corrected chi connectivity index (χ1v) is 25.0. The first-order chi connectivity index (χ1) is 36.6. The van der Waals surface area contributed by atoms with E-state index in [2.05, 4.69) is 31.2 Å². The fraction of sp³-hybridized carbons (Fsp3) is 0.263. The average Bonchev–Trinajstić information content (AvgIpc) is 4.06. The third-order valence-corrected chi connectivity index (χ3v) is 11.8. The number of amides is 2. The summed E-state index contributed by atoms with van der Waals surface area (Å²) < 4.78 is 108. The summed E-state index contributed by atoms with van der Waals surface area (Å²) in [6, 6.07) is 30.8. The number of benzene rings is 6. The van der Waals surface area contributed by atoms with Gasteiger partial charge < -0.3 is 38.4 Å². The minimum atomic E-state index is -4.66. The average molecular weight is 1220 g/mol. The third kappa shape index (κ3) is 17.7. The molecule has 0 saturated heterocycles. The van der Waals surface area contributed by atoms with E-state index in [9.17, 15) is 50.6 Å². The van der Waals surface area contributed by atoms with Gasteiger partial charge in [-0.1, -0.05) is 110 Å². The molecule has 23 heteroatoms. The Morgan fingerprint density at radius 2 is 1.07 bits per heavy atom. The molecule has 2 atom stereocenters. The van der Waals surface area contributed by atoms with Crippen LogP contribution in [0.1, 0.15) is 77.5 Å². The van der Waals surface area contributed by atoms with Gasteiger partial charge >= 0.3 is 24.3 Å². The molecule has 0 bridgehead atoms. The number of carboxylic acids is 1. The number of para-hydroxylation sites is 4. The van der Waals surface area contributed by atoms with Crippen LogP contribution in [-0.2, 0) is 36.3 Å². The number of fused-ring (bicyclic) bond motifs is 2. The van der Waals surface area contributed by atoms with Crippen LogP contribution >= 0.6 is 39.1 Å². The van der Waals surface area contributed by atoms with Gasteiger partial charge in [-0.05, 0) is 106 Å². The Morgan fingerprint density at radius 1 is 0.637 bits per heavy atom. The Hall–Kier alpha value is -7.62. The molecule has 80 heavy (non-hydrogen) atoms. The molecule has 428 valence electrons. The van der Waals surface area contributed by atoms with Gasteiger partial charge in [0.2, 0.25) is 29.9 Å². The Morgan fingerprint density at radius 3 is 1.46 bits per heavy atom. The van der Waals surface area contributed by atoms with Gasteiger partial charge in [-0.2, -0.15) is 26.3 Å². The molecule has 8 rings (SSSR count). The van der Waals surface area contributed by atoms with Crippen molar-refractivity contribution in [1.29, 1.82) is 0 Å². The SMILES string of the molecule is C.C.C.CCN(CC)C(=O)CBr.CCNC(=O)COC(=O)C(Oc1ccc(Cl)cc1-c1nc2ccccc2o1)c1cccc(C(F)(F)F)c1.O=C(O)C(Oc1ccc(Cl)cc1-c1nc2ccccc2o1)c1cccc(C(F)(F)F)c1. The second kappa shape index (κ2) is 30.1. The van der Waals surface area contributed by atoms with E-state index < -0.39 is 60.1 Å². The summed E-state index contributed by atoms with van der Waals surface area (Å²) in [5, 5.41) is 13.2. The molecule has 2 amide bonds. The van der Waals surface area contributed by atoms with Gasteiger partial charge in [-0.15, -0.1) is 0 Å². The van der Waals surface area contributed by atoms with Gasteiger partial charge in [0, 0.05) is 40.8 Å². The van der Waals surface area contributed by atoms with Crippen molar-refractivity contribution in [2.24, 2.45) is 0 Å². The van der Waals surface area contributed by atoms with Crippen LogP contribution in [0.25, 0.3) is 45.1 Å². The predicted molar refractivity (Wildman–Crippen MR) is 298 cm³/mol. The molecule has 8 aromatic rings. The van der Waals surface area contributed by atoms with Gasteiger partial charge in [-0.3, -0.25) is 9.59 Å². The third-order valence-electron chi connectivity index (χ3n) is 10.8. The smallest absolute Gasteiger partial charge is 0.416 e. The van der Waals surface area contributed by atoms with E-state index in [4.69, 9.17) is 46.2 Å². The fourth-order valence-electron chi connectivity index (χ4n) is 7.16. The number of halogens is 9. The first kappa shape index (κ1) is 66.7. The van der Waals surface area contributed by atoms with Crippen molar-refractivity contribution in [3.05, 3.63) is 166 Å². The minimum Gasteiger partial charge on any atom is -0.478 e. The van der Waals surface area contributed by atoms with Crippen molar-refractivity contribution in [2.45, 2.75) is 67.6 Å². The molecule has 0 aliphatic carbocycles. The normalized spacial score (nSPS) is 11.6. The Labute approximate surface area is 476 Å². The molecule has 2 N–H and O–H groups in total. The number of rotatable bonds is 16. The number of aliphatic carboxylic acids is 1. The molecule has 0 spiro atoms. The number of nitrogens with one attached hydrogen (secondary N) is 1. The molecule has 2 heterocycles. The van der Waals surface area contributed by atoms with E-state index in [1.807, 2.05) is 13.8 Å². The number of likely N-dealkylation sites (N-methyl/N-ethyl adjacent to an activating group) is 1. The maximum absolute atomic E-state index is 13.4. The first-order valence-electron chi connectivity index (χ1n) is 23.1. The summed E-state index contributed by atoms with van der Waals surface area (Å²) in [5.74, 6) is -2.59. The zero-order valence-corrected chi connectivity index (χ0v) is 43.9. The highest BCUT2D eigenvalue weighted by molar-refractivity contribution is 9.09. The highest BCUT2D eigenvalue weighted by Crippen LogP contribution is 2.40. The lowest BCUT2D eigenvalue weighted by Crippen LogP contribution is -2.31. The zero-order valence-electron chi connectivity index (χ0n) is 40.8. The standard InChI is InChI=1S/C26H20ClF3N2O5.C22H13ClF3NO4.C6H12BrNO.3CH4/c1-2-31-22(33)14-35-25(34)23(15-6-5-7-16(12-15)26(28,29)30)36-20-11-10-17(27)13-18(20)24-32-19-8-3-4-9-21(19)37-24;23-14-8-9-17(15(11-14)20-27-16-6-1-2-7-18(16)31-20)30-19(21(28)29)12-4-3-5-13(10-12)22(24,25)26;1-3-8(4-2)6(9)5-7;;;/h3-13,23H,2,14H2,1H3,(H,31,33);1-11,19H,(H,28,29);3-5H2,1-2H3;3*1H4. The summed E-state index contributed by atoms with van der Waals surface area (Å²) >= 11 is 15.4. The second-order valence-electron chi connectivity index (χ2n) is 16.1. The zero-order chi connectivity index (χ0) is 56.0. The van der Waals surface area contributed by atoms with Crippen LogP contribution in [0.2, 0.25) is 10.0 Å². The molecule has 2 unspecified atom stereocenters. The van der Waals surface area contributed by atoms with Gasteiger partial charge in [0.1, 0.15) is 22.5 Å². The summed E-state index contributed by atoms with van der Waals surface area (Å²) in [7, 11) is 0. The highest BCUT2D eigenvalue weighted by atomic mass is 79.9. The van der Waals surface area contributed by atoms with E-state index >= 15 is 0 Å². The van der Waals surface area contributed by atoms with Gasteiger partial charge in [0.15, 0.2) is 17.8 Å². The Bertz CT molecular complexity index is 3290. The van der Waals surface area contributed by atoms with Gasteiger partial charge in [0.05, 0.1) is 27.6 Å². The van der Waals surface area contributed by atoms with Crippen LogP contribution in [0.4, 0.5) is 26.3 Å². The van der Waals surface area contributed by atoms with Crippen molar-refractivity contribution < 1.29 is 73.7 Å². The quantitative estimate of drug-likeness (QED) is 0.0531. The van der Waals surface area contributed by atoms with E-state index in [-0.39, 0.29) is 73.7 Å². The van der Waals surface area contributed by atoms with Gasteiger partial charge in [0.25, 0.3) is 5.91 Å². The number of carbonyl (C=O) groups is 4. The number of carboxylic acid groups (broad SMARTS) is 1. The molecule has 0 aliphatic rings. The molecule has 6 aromatic carbocycles. The van der Waals surface area contributed by atoms with Crippen LogP contribution in [-0.4, -0.2) is 75.3 Å². The number of aromatic nitrogens is 2. The monoisotopic (exact) mass is 1220 g/mol. The number of carbonyl (C=O) groups excluding carboxylic acids is 3. The Balaban J connectivity index is 0.000000356. The number of alkyl halides is 7. The molecule has 0 aliphatic heterocycles. The lowest BCUT2D eigenvalue weighted by atomic mass is 10.1. The molecule has 0 saturated carbocycles. The van der Waals surface area contributed by atoms with Crippen LogP contribution < -0.4 is 14.8 Å². The fourth-order valence-corrected chi connectivity index (χ4v) is 7.86. The second-order valence-corrected chi connectivity index (χ2v) is 17.5. The number of oxazole rings is 2. The maximum atomic E-state index is 13.4. The molecule has 0 radical (unpaired) electrons. The molecule has 2 aromatic heterocycles. The van der Waals surface area contributed by atoms with Crippen LogP contribution in [0.15, 0.2) is 142 Å². The van der Waals surface area contributed by atoms with Crippen molar-refractivity contribution in [2.75, 3.05) is 31.6 Å². The summed E-state index contributed by atoms with van der Waals surface area (Å²) in [6.07, 6.45) is -12.6.